The Balaban J connectivity index is 1.73. The molecule has 1 amide bonds. The number of nitrogens with one attached hydrogen (secondary N) is 1. The number of aromatic nitrogens is 1. The molecule has 1 aromatic carbocycles. The molecule has 1 aliphatic carbocycles. The lowest BCUT2D eigenvalue weighted by molar-refractivity contribution is -0.122. The van der Waals surface area contributed by atoms with Gasteiger partial charge in [-0.1, -0.05) is 42.7 Å². The van der Waals surface area contributed by atoms with Crippen molar-refractivity contribution >= 4 is 35.2 Å². The summed E-state index contributed by atoms with van der Waals surface area (Å²) in [6.07, 6.45) is 8.72. The van der Waals surface area contributed by atoms with Gasteiger partial charge in [0.05, 0.1) is 10.8 Å². The Morgan fingerprint density at radius 3 is 2.74 bits per heavy atom. The Morgan fingerprint density at radius 2 is 2.03 bits per heavy atom. The molecule has 0 saturated heterocycles. The number of carbonyl (C=O) groups excluding carboxylic acids is 2. The summed E-state index contributed by atoms with van der Waals surface area (Å²) in [6, 6.07) is 11.2. The quantitative estimate of drug-likeness (QED) is 0.602. The van der Waals surface area contributed by atoms with Crippen LogP contribution in [0.25, 0.3) is 12.2 Å². The van der Waals surface area contributed by atoms with Gasteiger partial charge in [-0.2, -0.15) is 0 Å². The molecule has 2 aromatic heterocycles. The monoisotopic (exact) mass is 436 g/mol. The first-order valence-electron chi connectivity index (χ1n) is 10.4. The Hall–Kier alpha value is -3.19. The van der Waals surface area contributed by atoms with E-state index in [1.807, 2.05) is 31.2 Å². The highest BCUT2D eigenvalue weighted by molar-refractivity contribution is 7.07. The molecule has 0 spiro atoms. The van der Waals surface area contributed by atoms with E-state index in [4.69, 9.17) is 4.42 Å². The first kappa shape index (κ1) is 21.1. The topological polar surface area (TPSA) is 81.3 Å². The zero-order chi connectivity index (χ0) is 21.8. The fourth-order valence-corrected chi connectivity index (χ4v) is 4.83. The lowest BCUT2D eigenvalue weighted by atomic mass is 10.1. The second-order valence-electron chi connectivity index (χ2n) is 7.79. The average Bonchev–Trinajstić information content (AvgIpc) is 3.48. The maximum atomic E-state index is 13.1. The van der Waals surface area contributed by atoms with Crippen molar-refractivity contribution in [2.24, 2.45) is 0 Å². The van der Waals surface area contributed by atoms with Crippen LogP contribution in [0.1, 0.15) is 47.4 Å². The number of Topliss-reactive ketones (excluding diaryl/α,β-unsaturated/α-hetero) is 1. The van der Waals surface area contributed by atoms with Crippen LogP contribution in [0.5, 0.6) is 0 Å². The summed E-state index contributed by atoms with van der Waals surface area (Å²) in [6.45, 7) is 1.86. The molecule has 2 heterocycles. The van der Waals surface area contributed by atoms with Gasteiger partial charge in [-0.25, -0.2) is 0 Å². The highest BCUT2D eigenvalue weighted by atomic mass is 32.1. The number of furan rings is 1. The van der Waals surface area contributed by atoms with Crippen molar-refractivity contribution in [3.63, 3.8) is 0 Å². The number of thiazole rings is 1. The molecule has 1 aliphatic rings. The van der Waals surface area contributed by atoms with Gasteiger partial charge in [0, 0.05) is 12.1 Å². The van der Waals surface area contributed by atoms with Crippen LogP contribution >= 0.6 is 11.3 Å². The standard InChI is InChI=1S/C24H24N2O4S/c1-16-6-4-7-17(12-16)13-21-24(29)26(15-22(28)25-18-8-2-3-9-18)23(31-21)14-19(27)20-10-5-11-30-20/h4-7,10-14,18H,2-3,8-9,15H2,1H3,(H,25,28). The third-order valence-electron chi connectivity index (χ3n) is 5.32. The van der Waals surface area contributed by atoms with E-state index in [0.717, 1.165) is 36.8 Å². The smallest absolute Gasteiger partial charge is 0.269 e. The van der Waals surface area contributed by atoms with Crippen molar-refractivity contribution in [2.45, 2.75) is 45.2 Å². The van der Waals surface area contributed by atoms with Gasteiger partial charge in [-0.3, -0.25) is 19.0 Å². The van der Waals surface area contributed by atoms with E-state index >= 15 is 0 Å². The number of hydrogen-bond acceptors (Lipinski definition) is 5. The van der Waals surface area contributed by atoms with Gasteiger partial charge in [0.1, 0.15) is 11.2 Å². The fraction of sp³-hybridized carbons (Fsp3) is 0.292. The fourth-order valence-electron chi connectivity index (χ4n) is 3.79. The minimum absolute atomic E-state index is 0.120. The zero-order valence-corrected chi connectivity index (χ0v) is 18.1. The van der Waals surface area contributed by atoms with Crippen molar-refractivity contribution in [3.05, 3.63) is 79.1 Å². The SMILES string of the molecule is Cc1cccc(C=c2sc(=CC(=O)c3ccco3)n(CC(=O)NC3CCCC3)c2=O)c1. The van der Waals surface area contributed by atoms with Crippen LogP contribution < -0.4 is 20.1 Å². The lowest BCUT2D eigenvalue weighted by Crippen LogP contribution is -2.41. The number of ketones is 1. The highest BCUT2D eigenvalue weighted by Crippen LogP contribution is 2.17. The molecule has 160 valence electrons. The molecular weight excluding hydrogens is 412 g/mol. The number of carbonyl (C=O) groups is 2. The number of hydrogen-bond donors (Lipinski definition) is 1. The Kier molecular flexibility index (Phi) is 6.32. The van der Waals surface area contributed by atoms with E-state index in [-0.39, 0.29) is 35.6 Å². The third-order valence-corrected chi connectivity index (χ3v) is 6.38. The summed E-state index contributed by atoms with van der Waals surface area (Å²) in [4.78, 5) is 38.3. The molecule has 1 saturated carbocycles. The molecule has 3 aromatic rings. The number of aryl methyl sites for hydroxylation is 1. The Morgan fingerprint density at radius 1 is 1.23 bits per heavy atom. The summed E-state index contributed by atoms with van der Waals surface area (Å²) < 4.78 is 7.44. The first-order chi connectivity index (χ1) is 15.0. The highest BCUT2D eigenvalue weighted by Gasteiger charge is 2.18. The van der Waals surface area contributed by atoms with Crippen molar-refractivity contribution in [2.75, 3.05) is 0 Å². The lowest BCUT2D eigenvalue weighted by Gasteiger charge is -2.11. The number of nitrogens with zero attached hydrogens (tertiary/aromatic N) is 1. The van der Waals surface area contributed by atoms with Crippen LogP contribution in [-0.4, -0.2) is 22.3 Å². The van der Waals surface area contributed by atoms with Crippen molar-refractivity contribution in [1.29, 1.82) is 0 Å². The molecule has 0 bridgehead atoms. The molecule has 0 atom stereocenters. The van der Waals surface area contributed by atoms with Gasteiger partial charge < -0.3 is 9.73 Å². The predicted octanol–water partition coefficient (Wildman–Crippen LogP) is 2.36. The normalized spacial score (nSPS) is 15.5. The molecule has 4 rings (SSSR count). The van der Waals surface area contributed by atoms with E-state index in [2.05, 4.69) is 5.32 Å². The van der Waals surface area contributed by atoms with E-state index in [1.54, 1.807) is 18.2 Å². The maximum Gasteiger partial charge on any atom is 0.269 e. The summed E-state index contributed by atoms with van der Waals surface area (Å²) in [5.74, 6) is -0.376. The average molecular weight is 437 g/mol. The van der Waals surface area contributed by atoms with Crippen molar-refractivity contribution in [1.82, 2.24) is 9.88 Å². The van der Waals surface area contributed by atoms with Crippen LogP contribution in [-0.2, 0) is 11.3 Å². The third kappa shape index (κ3) is 5.11. The molecule has 6 nitrogen and oxygen atoms in total. The van der Waals surface area contributed by atoms with Crippen LogP contribution in [0, 0.1) is 6.92 Å². The molecule has 31 heavy (non-hydrogen) atoms. The van der Waals surface area contributed by atoms with E-state index in [1.165, 1.54) is 28.2 Å². The second kappa shape index (κ2) is 9.31. The van der Waals surface area contributed by atoms with Gasteiger partial charge in [-0.05, 0) is 43.5 Å². The predicted molar refractivity (Wildman–Crippen MR) is 120 cm³/mol. The summed E-state index contributed by atoms with van der Waals surface area (Å²) in [7, 11) is 0. The van der Waals surface area contributed by atoms with Gasteiger partial charge in [0.15, 0.2) is 5.76 Å². The van der Waals surface area contributed by atoms with Crippen LogP contribution in [0.4, 0.5) is 0 Å². The molecule has 0 aliphatic heterocycles. The minimum atomic E-state index is -0.349. The summed E-state index contributed by atoms with van der Waals surface area (Å²) >= 11 is 1.19. The van der Waals surface area contributed by atoms with Gasteiger partial charge in [-0.15, -0.1) is 11.3 Å². The van der Waals surface area contributed by atoms with E-state index in [0.29, 0.717) is 9.20 Å². The second-order valence-corrected chi connectivity index (χ2v) is 8.85. The zero-order valence-electron chi connectivity index (χ0n) is 17.3. The number of rotatable bonds is 6. The van der Waals surface area contributed by atoms with Gasteiger partial charge in [0.2, 0.25) is 11.7 Å². The molecule has 7 heteroatoms. The van der Waals surface area contributed by atoms with Crippen LogP contribution in [0.3, 0.4) is 0 Å². The van der Waals surface area contributed by atoms with Gasteiger partial charge >= 0.3 is 0 Å². The number of benzene rings is 1. The molecular formula is C24H24N2O4S. The molecule has 1 fully saturated rings. The maximum absolute atomic E-state index is 13.1. The summed E-state index contributed by atoms with van der Waals surface area (Å²) in [5.41, 5.74) is 1.69. The Labute approximate surface area is 183 Å². The van der Waals surface area contributed by atoms with Crippen molar-refractivity contribution in [3.8, 4) is 0 Å². The van der Waals surface area contributed by atoms with Crippen molar-refractivity contribution < 1.29 is 14.0 Å². The molecule has 0 unspecified atom stereocenters. The Bertz CT molecular complexity index is 1260. The number of amides is 1. The largest absolute Gasteiger partial charge is 0.461 e. The molecule has 1 N–H and O–H groups in total. The first-order valence-corrected chi connectivity index (χ1v) is 11.2. The van der Waals surface area contributed by atoms with E-state index < -0.39 is 0 Å². The van der Waals surface area contributed by atoms with Gasteiger partial charge in [0.25, 0.3) is 5.56 Å². The summed E-state index contributed by atoms with van der Waals surface area (Å²) in [5, 5.41) is 3.01. The van der Waals surface area contributed by atoms with Crippen LogP contribution in [0.15, 0.2) is 51.9 Å². The van der Waals surface area contributed by atoms with Crippen LogP contribution in [0.2, 0.25) is 0 Å². The molecule has 0 radical (unpaired) electrons. The van der Waals surface area contributed by atoms with E-state index in [9.17, 15) is 14.4 Å². The minimum Gasteiger partial charge on any atom is -0.461 e.